The Labute approximate surface area is 113 Å². The zero-order valence-electron chi connectivity index (χ0n) is 10.8. The number of carbonyl (C=O) groups is 1. The van der Waals surface area contributed by atoms with Gasteiger partial charge in [-0.2, -0.15) is 11.8 Å². The predicted molar refractivity (Wildman–Crippen MR) is 76.9 cm³/mol. The lowest BCUT2D eigenvalue weighted by molar-refractivity contribution is 0.0953. The summed E-state index contributed by atoms with van der Waals surface area (Å²) in [7, 11) is 0. The third kappa shape index (κ3) is 5.56. The van der Waals surface area contributed by atoms with Crippen LogP contribution in [0.15, 0.2) is 24.3 Å². The summed E-state index contributed by atoms with van der Waals surface area (Å²) in [6.07, 6.45) is 4.72. The van der Waals surface area contributed by atoms with Crippen LogP contribution < -0.4 is 5.32 Å². The van der Waals surface area contributed by atoms with Crippen LogP contribution in [0.5, 0.6) is 0 Å². The molecule has 0 heterocycles. The monoisotopic (exact) mass is 267 g/mol. The number of thioether (sulfide) groups is 1. The van der Waals surface area contributed by atoms with Crippen molar-refractivity contribution in [2.75, 3.05) is 19.4 Å². The molecule has 2 N–H and O–H groups in total. The number of rotatable bonds is 8. The Balaban J connectivity index is 2.38. The summed E-state index contributed by atoms with van der Waals surface area (Å²) in [4.78, 5) is 11.9. The number of benzene rings is 1. The zero-order valence-corrected chi connectivity index (χ0v) is 11.6. The summed E-state index contributed by atoms with van der Waals surface area (Å²) in [5, 5.41) is 11.5. The van der Waals surface area contributed by atoms with E-state index in [2.05, 4.69) is 5.32 Å². The minimum absolute atomic E-state index is 0.0121. The highest BCUT2D eigenvalue weighted by atomic mass is 32.2. The van der Waals surface area contributed by atoms with Crippen LogP contribution in [0, 0.1) is 0 Å². The molecule has 1 aromatic rings. The van der Waals surface area contributed by atoms with E-state index in [0.717, 1.165) is 30.6 Å². The fraction of sp³-hybridized carbons (Fsp3) is 0.500. The van der Waals surface area contributed by atoms with Crippen LogP contribution in [0.3, 0.4) is 0 Å². The summed E-state index contributed by atoms with van der Waals surface area (Å²) in [5.74, 6) is 0.916. The fourth-order valence-corrected chi connectivity index (χ4v) is 2.20. The lowest BCUT2D eigenvalue weighted by Crippen LogP contribution is -2.24. The molecule has 1 aromatic carbocycles. The highest BCUT2D eigenvalue weighted by molar-refractivity contribution is 7.97. The standard InChI is InChI=1S/C14H21NO2S/c1-18-11-12-6-5-7-13(10-12)14(17)15-8-3-2-4-9-16/h5-7,10,16H,2-4,8-9,11H2,1H3,(H,15,17). The van der Waals surface area contributed by atoms with E-state index in [-0.39, 0.29) is 12.5 Å². The SMILES string of the molecule is CSCc1cccc(C(=O)NCCCCCO)c1. The van der Waals surface area contributed by atoms with Crippen molar-refractivity contribution in [1.29, 1.82) is 0 Å². The van der Waals surface area contributed by atoms with Crippen molar-refractivity contribution in [3.05, 3.63) is 35.4 Å². The minimum Gasteiger partial charge on any atom is -0.396 e. The maximum absolute atomic E-state index is 11.9. The number of hydrogen-bond acceptors (Lipinski definition) is 3. The fourth-order valence-electron chi connectivity index (χ4n) is 1.69. The van der Waals surface area contributed by atoms with Gasteiger partial charge in [-0.15, -0.1) is 0 Å². The molecule has 0 aliphatic carbocycles. The van der Waals surface area contributed by atoms with E-state index in [1.807, 2.05) is 30.5 Å². The smallest absolute Gasteiger partial charge is 0.251 e. The van der Waals surface area contributed by atoms with Gasteiger partial charge in [0.15, 0.2) is 0 Å². The van der Waals surface area contributed by atoms with E-state index in [9.17, 15) is 4.79 Å². The molecule has 18 heavy (non-hydrogen) atoms. The molecule has 0 spiro atoms. The van der Waals surface area contributed by atoms with E-state index in [4.69, 9.17) is 5.11 Å². The van der Waals surface area contributed by atoms with Gasteiger partial charge in [0.25, 0.3) is 5.91 Å². The van der Waals surface area contributed by atoms with Crippen molar-refractivity contribution in [3.8, 4) is 0 Å². The summed E-state index contributed by atoms with van der Waals surface area (Å²) >= 11 is 1.75. The van der Waals surface area contributed by atoms with E-state index in [1.165, 1.54) is 5.56 Å². The average Bonchev–Trinajstić information content (AvgIpc) is 2.39. The summed E-state index contributed by atoms with van der Waals surface area (Å²) in [5.41, 5.74) is 1.90. The maximum atomic E-state index is 11.9. The largest absolute Gasteiger partial charge is 0.396 e. The molecule has 0 saturated heterocycles. The van der Waals surface area contributed by atoms with Crippen LogP contribution in [0.2, 0.25) is 0 Å². The van der Waals surface area contributed by atoms with Crippen LogP contribution in [0.4, 0.5) is 0 Å². The first kappa shape index (κ1) is 15.1. The summed E-state index contributed by atoms with van der Waals surface area (Å²) in [6, 6.07) is 7.74. The second-order valence-corrected chi connectivity index (χ2v) is 5.04. The third-order valence-corrected chi connectivity index (χ3v) is 3.24. The van der Waals surface area contributed by atoms with Gasteiger partial charge in [-0.3, -0.25) is 4.79 Å². The maximum Gasteiger partial charge on any atom is 0.251 e. The second kappa shape index (κ2) is 9.00. The van der Waals surface area contributed by atoms with Gasteiger partial charge in [-0.1, -0.05) is 12.1 Å². The number of amides is 1. The molecule has 0 aromatic heterocycles. The van der Waals surface area contributed by atoms with Gasteiger partial charge in [0.05, 0.1) is 0 Å². The van der Waals surface area contributed by atoms with Crippen molar-refractivity contribution in [3.63, 3.8) is 0 Å². The molecule has 0 fully saturated rings. The Morgan fingerprint density at radius 3 is 2.89 bits per heavy atom. The molecule has 4 heteroatoms. The molecule has 0 aliphatic heterocycles. The van der Waals surface area contributed by atoms with Crippen LogP contribution in [0.1, 0.15) is 35.2 Å². The molecular weight excluding hydrogens is 246 g/mol. The number of carbonyl (C=O) groups excluding carboxylic acids is 1. The Hall–Kier alpha value is -1.00. The number of unbranched alkanes of at least 4 members (excludes halogenated alkanes) is 2. The van der Waals surface area contributed by atoms with Crippen LogP contribution >= 0.6 is 11.8 Å². The quantitative estimate of drug-likeness (QED) is 0.711. The van der Waals surface area contributed by atoms with Crippen molar-refractivity contribution < 1.29 is 9.90 Å². The number of aliphatic hydroxyl groups excluding tert-OH is 1. The molecular formula is C14H21NO2S. The Kier molecular flexibility index (Phi) is 7.53. The van der Waals surface area contributed by atoms with Crippen molar-refractivity contribution in [1.82, 2.24) is 5.32 Å². The van der Waals surface area contributed by atoms with Gasteiger partial charge in [0, 0.05) is 24.5 Å². The van der Waals surface area contributed by atoms with Gasteiger partial charge in [-0.05, 0) is 43.2 Å². The Morgan fingerprint density at radius 2 is 2.17 bits per heavy atom. The summed E-state index contributed by atoms with van der Waals surface area (Å²) in [6.45, 7) is 0.899. The Bertz CT molecular complexity index is 369. The molecule has 1 rings (SSSR count). The first-order chi connectivity index (χ1) is 8.77. The van der Waals surface area contributed by atoms with E-state index in [1.54, 1.807) is 11.8 Å². The molecule has 1 amide bonds. The number of nitrogens with one attached hydrogen (secondary N) is 1. The van der Waals surface area contributed by atoms with Gasteiger partial charge < -0.3 is 10.4 Å². The average molecular weight is 267 g/mol. The van der Waals surface area contributed by atoms with Gasteiger partial charge >= 0.3 is 0 Å². The highest BCUT2D eigenvalue weighted by Gasteiger charge is 2.05. The first-order valence-corrected chi connectivity index (χ1v) is 7.64. The highest BCUT2D eigenvalue weighted by Crippen LogP contribution is 2.11. The van der Waals surface area contributed by atoms with Gasteiger partial charge in [0.2, 0.25) is 0 Å². The topological polar surface area (TPSA) is 49.3 Å². The van der Waals surface area contributed by atoms with E-state index < -0.39 is 0 Å². The molecule has 0 radical (unpaired) electrons. The summed E-state index contributed by atoms with van der Waals surface area (Å²) < 4.78 is 0. The van der Waals surface area contributed by atoms with E-state index >= 15 is 0 Å². The molecule has 0 saturated carbocycles. The molecule has 3 nitrogen and oxygen atoms in total. The lowest BCUT2D eigenvalue weighted by Gasteiger charge is -2.06. The number of hydrogen-bond donors (Lipinski definition) is 2. The third-order valence-electron chi connectivity index (χ3n) is 2.62. The van der Waals surface area contributed by atoms with Crippen LogP contribution in [-0.4, -0.2) is 30.4 Å². The van der Waals surface area contributed by atoms with Crippen molar-refractivity contribution in [2.24, 2.45) is 0 Å². The van der Waals surface area contributed by atoms with Crippen LogP contribution in [0.25, 0.3) is 0 Å². The number of aliphatic hydroxyl groups is 1. The second-order valence-electron chi connectivity index (χ2n) is 4.17. The van der Waals surface area contributed by atoms with E-state index in [0.29, 0.717) is 6.54 Å². The lowest BCUT2D eigenvalue weighted by atomic mass is 10.1. The van der Waals surface area contributed by atoms with Crippen LogP contribution in [-0.2, 0) is 5.75 Å². The predicted octanol–water partition coefficient (Wildman–Crippen LogP) is 2.44. The first-order valence-electron chi connectivity index (χ1n) is 6.25. The molecule has 0 bridgehead atoms. The molecule has 0 atom stereocenters. The van der Waals surface area contributed by atoms with Crippen molar-refractivity contribution in [2.45, 2.75) is 25.0 Å². The van der Waals surface area contributed by atoms with Crippen molar-refractivity contribution >= 4 is 17.7 Å². The molecule has 100 valence electrons. The molecule has 0 aliphatic rings. The zero-order chi connectivity index (χ0) is 13.2. The molecule has 0 unspecified atom stereocenters. The minimum atomic E-state index is -0.0121. The van der Waals surface area contributed by atoms with Gasteiger partial charge in [0.1, 0.15) is 0 Å². The Morgan fingerprint density at radius 1 is 1.33 bits per heavy atom. The normalized spacial score (nSPS) is 10.3. The van der Waals surface area contributed by atoms with Gasteiger partial charge in [-0.25, -0.2) is 0 Å².